The molecular formula is C21H26N2. The Kier molecular flexibility index (Phi) is 5.12. The third kappa shape index (κ3) is 4.01. The Morgan fingerprint density at radius 3 is 2.30 bits per heavy atom. The molecule has 23 heavy (non-hydrogen) atoms. The van der Waals surface area contributed by atoms with Gasteiger partial charge < -0.3 is 5.73 Å². The Morgan fingerprint density at radius 2 is 1.48 bits per heavy atom. The van der Waals surface area contributed by atoms with E-state index in [-0.39, 0.29) is 0 Å². The molecular weight excluding hydrogens is 280 g/mol. The molecule has 2 aromatic carbocycles. The second-order valence-electron chi connectivity index (χ2n) is 6.49. The number of hydrogen-bond acceptors (Lipinski definition) is 2. The van der Waals surface area contributed by atoms with Crippen molar-refractivity contribution in [2.45, 2.75) is 51.9 Å². The molecule has 0 atom stereocenters. The summed E-state index contributed by atoms with van der Waals surface area (Å²) in [6, 6.07) is 14.8. The van der Waals surface area contributed by atoms with Gasteiger partial charge in [0.05, 0.1) is 11.0 Å². The summed E-state index contributed by atoms with van der Waals surface area (Å²) in [4.78, 5) is 4.73. The van der Waals surface area contributed by atoms with Crippen LogP contribution >= 0.6 is 0 Å². The van der Waals surface area contributed by atoms with E-state index in [9.17, 15) is 0 Å². The molecule has 1 heterocycles. The van der Waals surface area contributed by atoms with E-state index in [0.717, 1.165) is 28.5 Å². The van der Waals surface area contributed by atoms with Gasteiger partial charge >= 0.3 is 0 Å². The molecule has 2 N–H and O–H groups in total. The Hall–Kier alpha value is -2.09. The van der Waals surface area contributed by atoms with Gasteiger partial charge in [-0.15, -0.1) is 0 Å². The van der Waals surface area contributed by atoms with Crippen molar-refractivity contribution >= 4 is 27.5 Å². The lowest BCUT2D eigenvalue weighted by Gasteiger charge is -2.06. The van der Waals surface area contributed by atoms with Gasteiger partial charge in [-0.3, -0.25) is 0 Å². The largest absolute Gasteiger partial charge is 0.399 e. The van der Waals surface area contributed by atoms with Crippen LogP contribution in [0.3, 0.4) is 0 Å². The maximum atomic E-state index is 5.89. The smallest absolute Gasteiger partial charge is 0.0711 e. The maximum Gasteiger partial charge on any atom is 0.0711 e. The number of aromatic nitrogens is 1. The monoisotopic (exact) mass is 306 g/mol. The molecule has 0 amide bonds. The van der Waals surface area contributed by atoms with Gasteiger partial charge in [-0.2, -0.15) is 0 Å². The first-order chi connectivity index (χ1) is 11.3. The number of aryl methyl sites for hydroxylation is 1. The van der Waals surface area contributed by atoms with Crippen LogP contribution in [0.4, 0.5) is 5.69 Å². The lowest BCUT2D eigenvalue weighted by Crippen LogP contribution is -1.90. The highest BCUT2D eigenvalue weighted by atomic mass is 14.7. The van der Waals surface area contributed by atoms with Crippen LogP contribution in [0.15, 0.2) is 42.5 Å². The Labute approximate surface area is 138 Å². The van der Waals surface area contributed by atoms with Crippen molar-refractivity contribution in [1.29, 1.82) is 0 Å². The second-order valence-corrected chi connectivity index (χ2v) is 6.49. The van der Waals surface area contributed by atoms with E-state index < -0.39 is 0 Å². The van der Waals surface area contributed by atoms with E-state index >= 15 is 0 Å². The topological polar surface area (TPSA) is 38.9 Å². The van der Waals surface area contributed by atoms with Crippen LogP contribution in [0.2, 0.25) is 0 Å². The molecule has 0 bridgehead atoms. The zero-order valence-corrected chi connectivity index (χ0v) is 14.0. The molecule has 2 nitrogen and oxygen atoms in total. The SMILES string of the molecule is CCCCCCCCc1ccc2nc3ccc(N)cc3cc2c1. The standard InChI is InChI=1S/C21H26N2/c1-2-3-4-5-6-7-8-16-9-11-20-17(13-16)14-18-15-19(22)10-12-21(18)23-20/h9-15H,2-8,22H2,1H3. The zero-order chi connectivity index (χ0) is 16.1. The summed E-state index contributed by atoms with van der Waals surface area (Å²) in [5.41, 5.74) is 10.2. The minimum Gasteiger partial charge on any atom is -0.399 e. The molecule has 0 aliphatic carbocycles. The number of pyridine rings is 1. The average molecular weight is 306 g/mol. The molecule has 1 aromatic heterocycles. The number of anilines is 1. The minimum absolute atomic E-state index is 0.793. The lowest BCUT2D eigenvalue weighted by atomic mass is 10.0. The van der Waals surface area contributed by atoms with Crippen molar-refractivity contribution in [2.75, 3.05) is 5.73 Å². The molecule has 0 radical (unpaired) electrons. The molecule has 3 rings (SSSR count). The third-order valence-corrected chi connectivity index (χ3v) is 4.51. The third-order valence-electron chi connectivity index (χ3n) is 4.51. The summed E-state index contributed by atoms with van der Waals surface area (Å²) in [6.07, 6.45) is 9.22. The molecule has 2 heteroatoms. The maximum absolute atomic E-state index is 5.89. The fourth-order valence-corrected chi connectivity index (χ4v) is 3.17. The van der Waals surface area contributed by atoms with Crippen molar-refractivity contribution in [3.63, 3.8) is 0 Å². The summed E-state index contributed by atoms with van der Waals surface area (Å²) < 4.78 is 0. The van der Waals surface area contributed by atoms with Crippen molar-refractivity contribution in [3.05, 3.63) is 48.0 Å². The van der Waals surface area contributed by atoms with Crippen molar-refractivity contribution in [1.82, 2.24) is 4.98 Å². The first-order valence-electron chi connectivity index (χ1n) is 8.85. The van der Waals surface area contributed by atoms with E-state index in [1.165, 1.54) is 49.5 Å². The van der Waals surface area contributed by atoms with E-state index in [2.05, 4.69) is 31.2 Å². The molecule has 0 saturated heterocycles. The Morgan fingerprint density at radius 1 is 0.783 bits per heavy atom. The highest BCUT2D eigenvalue weighted by Gasteiger charge is 2.02. The van der Waals surface area contributed by atoms with Crippen LogP contribution in [0.25, 0.3) is 21.8 Å². The number of nitrogens with zero attached hydrogens (tertiary/aromatic N) is 1. The van der Waals surface area contributed by atoms with Gasteiger partial charge in [0.1, 0.15) is 0 Å². The van der Waals surface area contributed by atoms with Gasteiger partial charge in [0.2, 0.25) is 0 Å². The van der Waals surface area contributed by atoms with Crippen LogP contribution in [-0.2, 0) is 6.42 Å². The molecule has 0 spiro atoms. The fourth-order valence-electron chi connectivity index (χ4n) is 3.17. The first-order valence-corrected chi connectivity index (χ1v) is 8.85. The normalized spacial score (nSPS) is 11.3. The molecule has 0 unspecified atom stereocenters. The quantitative estimate of drug-likeness (QED) is 0.336. The van der Waals surface area contributed by atoms with Crippen LogP contribution in [0.1, 0.15) is 51.0 Å². The predicted octanol–water partition coefficient (Wildman–Crippen LogP) is 5.87. The molecule has 0 aliphatic rings. The van der Waals surface area contributed by atoms with Crippen molar-refractivity contribution in [3.8, 4) is 0 Å². The summed E-state index contributed by atoms with van der Waals surface area (Å²) in [5, 5.41) is 2.33. The van der Waals surface area contributed by atoms with E-state index in [0.29, 0.717) is 0 Å². The van der Waals surface area contributed by atoms with Crippen molar-refractivity contribution in [2.24, 2.45) is 0 Å². The van der Waals surface area contributed by atoms with Crippen molar-refractivity contribution < 1.29 is 0 Å². The number of unbranched alkanes of at least 4 members (excludes halogenated alkanes) is 5. The molecule has 3 aromatic rings. The number of rotatable bonds is 7. The zero-order valence-electron chi connectivity index (χ0n) is 14.0. The Balaban J connectivity index is 1.71. The van der Waals surface area contributed by atoms with Crippen LogP contribution in [0, 0.1) is 0 Å². The number of benzene rings is 2. The predicted molar refractivity (Wildman–Crippen MR) is 101 cm³/mol. The van der Waals surface area contributed by atoms with Gasteiger partial charge in [0, 0.05) is 16.5 Å². The molecule has 0 fully saturated rings. The van der Waals surface area contributed by atoms with Gasteiger partial charge in [-0.1, -0.05) is 45.1 Å². The first kappa shape index (κ1) is 15.8. The summed E-state index contributed by atoms with van der Waals surface area (Å²) in [7, 11) is 0. The number of hydrogen-bond donors (Lipinski definition) is 1. The number of nitrogen functional groups attached to an aromatic ring is 1. The number of fused-ring (bicyclic) bond motifs is 2. The summed E-state index contributed by atoms with van der Waals surface area (Å²) >= 11 is 0. The average Bonchev–Trinajstić information content (AvgIpc) is 2.56. The number of nitrogens with two attached hydrogens (primary N) is 1. The van der Waals surface area contributed by atoms with Crippen LogP contribution in [-0.4, -0.2) is 4.98 Å². The Bertz CT molecular complexity index is 792. The molecule has 0 saturated carbocycles. The van der Waals surface area contributed by atoms with Gasteiger partial charge in [0.25, 0.3) is 0 Å². The van der Waals surface area contributed by atoms with Crippen LogP contribution < -0.4 is 5.73 Å². The van der Waals surface area contributed by atoms with E-state index in [4.69, 9.17) is 10.7 Å². The lowest BCUT2D eigenvalue weighted by molar-refractivity contribution is 0.607. The van der Waals surface area contributed by atoms with E-state index in [1.54, 1.807) is 0 Å². The van der Waals surface area contributed by atoms with Gasteiger partial charge in [-0.25, -0.2) is 4.98 Å². The second kappa shape index (κ2) is 7.45. The molecule has 0 aliphatic heterocycles. The van der Waals surface area contributed by atoms with E-state index in [1.807, 2.05) is 18.2 Å². The van der Waals surface area contributed by atoms with Crippen LogP contribution in [0.5, 0.6) is 0 Å². The highest BCUT2D eigenvalue weighted by Crippen LogP contribution is 2.23. The van der Waals surface area contributed by atoms with Gasteiger partial charge in [0.15, 0.2) is 0 Å². The minimum atomic E-state index is 0.793. The van der Waals surface area contributed by atoms with Gasteiger partial charge in [-0.05, 0) is 54.8 Å². The molecule has 120 valence electrons. The highest BCUT2D eigenvalue weighted by molar-refractivity contribution is 5.94. The summed E-state index contributed by atoms with van der Waals surface area (Å²) in [5.74, 6) is 0. The summed E-state index contributed by atoms with van der Waals surface area (Å²) in [6.45, 7) is 2.26. The fraction of sp³-hybridized carbons (Fsp3) is 0.381.